The first-order valence-corrected chi connectivity index (χ1v) is 7.03. The Hall–Kier alpha value is -2.39. The van der Waals surface area contributed by atoms with Crippen LogP contribution in [0.1, 0.15) is 5.56 Å². The van der Waals surface area contributed by atoms with Crippen molar-refractivity contribution in [3.05, 3.63) is 56.9 Å². The fourth-order valence-corrected chi connectivity index (χ4v) is 2.58. The summed E-state index contributed by atoms with van der Waals surface area (Å²) in [5.74, 6) is 0. The second-order valence-electron chi connectivity index (χ2n) is 4.01. The molecule has 106 valence electrons. The van der Waals surface area contributed by atoms with Crippen molar-refractivity contribution in [3.8, 4) is 0 Å². The minimum atomic E-state index is -4.02. The first-order chi connectivity index (χ1) is 9.38. The molecule has 0 aliphatic carbocycles. The van der Waals surface area contributed by atoms with Crippen LogP contribution in [0.4, 0.5) is 5.69 Å². The van der Waals surface area contributed by atoms with Crippen molar-refractivity contribution in [2.75, 3.05) is 5.73 Å². The molecule has 0 fully saturated rings. The van der Waals surface area contributed by atoms with E-state index in [1.54, 1.807) is 24.3 Å². The maximum atomic E-state index is 11.9. The molecule has 0 spiro atoms. The van der Waals surface area contributed by atoms with E-state index in [1.807, 2.05) is 4.98 Å². The van der Waals surface area contributed by atoms with E-state index in [1.165, 1.54) is 0 Å². The number of H-pyrrole nitrogens is 2. The minimum Gasteiger partial charge on any atom is -0.399 e. The number of anilines is 1. The van der Waals surface area contributed by atoms with Gasteiger partial charge in [0.2, 0.25) is 10.0 Å². The van der Waals surface area contributed by atoms with E-state index in [0.29, 0.717) is 11.3 Å². The third-order valence-corrected chi connectivity index (χ3v) is 3.90. The Morgan fingerprint density at radius 3 is 2.65 bits per heavy atom. The summed E-state index contributed by atoms with van der Waals surface area (Å²) < 4.78 is 26.1. The van der Waals surface area contributed by atoms with Gasteiger partial charge in [0.25, 0.3) is 5.56 Å². The molecule has 0 unspecified atom stereocenters. The van der Waals surface area contributed by atoms with Gasteiger partial charge in [-0.15, -0.1) is 0 Å². The van der Waals surface area contributed by atoms with Crippen LogP contribution in [0.5, 0.6) is 0 Å². The monoisotopic (exact) mass is 296 g/mol. The summed E-state index contributed by atoms with van der Waals surface area (Å²) in [7, 11) is -4.02. The van der Waals surface area contributed by atoms with Gasteiger partial charge in [-0.05, 0) is 17.7 Å². The molecule has 0 saturated carbocycles. The number of aromatic nitrogens is 2. The van der Waals surface area contributed by atoms with Crippen molar-refractivity contribution in [1.29, 1.82) is 0 Å². The standard InChI is InChI=1S/C11H12N4O4S/c12-8-3-1-2-7(4-8)5-14-20(18,19)9-6-13-11(17)15-10(9)16/h1-4,6,14H,5,12H2,(H2,13,15,16,17). The molecular weight excluding hydrogens is 284 g/mol. The van der Waals surface area contributed by atoms with E-state index in [-0.39, 0.29) is 6.54 Å². The number of hydrogen-bond donors (Lipinski definition) is 4. The number of benzene rings is 1. The van der Waals surface area contributed by atoms with Crippen LogP contribution in [0.3, 0.4) is 0 Å². The molecule has 0 saturated heterocycles. The molecule has 0 amide bonds. The fourth-order valence-electron chi connectivity index (χ4n) is 1.56. The summed E-state index contributed by atoms with van der Waals surface area (Å²) in [4.78, 5) is 25.7. The number of nitrogens with one attached hydrogen (secondary N) is 3. The summed E-state index contributed by atoms with van der Waals surface area (Å²) in [5.41, 5.74) is 4.98. The molecule has 8 nitrogen and oxygen atoms in total. The van der Waals surface area contributed by atoms with Gasteiger partial charge in [0.1, 0.15) is 0 Å². The Kier molecular flexibility index (Phi) is 3.72. The normalized spacial score (nSPS) is 11.4. The van der Waals surface area contributed by atoms with E-state index in [9.17, 15) is 18.0 Å². The van der Waals surface area contributed by atoms with Gasteiger partial charge in [0, 0.05) is 18.4 Å². The van der Waals surface area contributed by atoms with Crippen molar-refractivity contribution < 1.29 is 8.42 Å². The zero-order chi connectivity index (χ0) is 14.8. The molecule has 1 aromatic carbocycles. The van der Waals surface area contributed by atoms with E-state index in [2.05, 4.69) is 9.71 Å². The number of hydrogen-bond acceptors (Lipinski definition) is 5. The van der Waals surface area contributed by atoms with Gasteiger partial charge in [-0.3, -0.25) is 9.78 Å². The highest BCUT2D eigenvalue weighted by atomic mass is 32.2. The van der Waals surface area contributed by atoms with Gasteiger partial charge < -0.3 is 10.7 Å². The lowest BCUT2D eigenvalue weighted by molar-refractivity contribution is 0.579. The van der Waals surface area contributed by atoms with Crippen molar-refractivity contribution in [2.24, 2.45) is 0 Å². The Balaban J connectivity index is 2.24. The lowest BCUT2D eigenvalue weighted by Crippen LogP contribution is -2.32. The number of sulfonamides is 1. The number of aromatic amines is 2. The Labute approximate surface area is 113 Å². The van der Waals surface area contributed by atoms with E-state index in [0.717, 1.165) is 6.20 Å². The smallest absolute Gasteiger partial charge is 0.325 e. The highest BCUT2D eigenvalue weighted by molar-refractivity contribution is 7.89. The summed E-state index contributed by atoms with van der Waals surface area (Å²) in [6.07, 6.45) is 0.850. The maximum absolute atomic E-state index is 11.9. The third kappa shape index (κ3) is 3.13. The van der Waals surface area contributed by atoms with Crippen molar-refractivity contribution >= 4 is 15.7 Å². The lowest BCUT2D eigenvalue weighted by Gasteiger charge is -2.06. The maximum Gasteiger partial charge on any atom is 0.325 e. The molecule has 9 heteroatoms. The summed E-state index contributed by atoms with van der Waals surface area (Å²) in [6, 6.07) is 6.66. The van der Waals surface area contributed by atoms with Crippen LogP contribution in [0, 0.1) is 0 Å². The average molecular weight is 296 g/mol. The molecular formula is C11H12N4O4S. The van der Waals surface area contributed by atoms with E-state index in [4.69, 9.17) is 5.73 Å². The van der Waals surface area contributed by atoms with Crippen LogP contribution in [0.2, 0.25) is 0 Å². The van der Waals surface area contributed by atoms with Crippen LogP contribution in [-0.2, 0) is 16.6 Å². The van der Waals surface area contributed by atoms with Gasteiger partial charge in [-0.2, -0.15) is 0 Å². The van der Waals surface area contributed by atoms with Gasteiger partial charge in [0.15, 0.2) is 4.90 Å². The Morgan fingerprint density at radius 2 is 2.00 bits per heavy atom. The molecule has 2 rings (SSSR count). The second kappa shape index (κ2) is 5.31. The van der Waals surface area contributed by atoms with Gasteiger partial charge >= 0.3 is 5.69 Å². The predicted octanol–water partition coefficient (Wildman–Crippen LogP) is -0.876. The number of nitrogens with two attached hydrogens (primary N) is 1. The van der Waals surface area contributed by atoms with Crippen molar-refractivity contribution in [1.82, 2.24) is 14.7 Å². The van der Waals surface area contributed by atoms with Crippen molar-refractivity contribution in [3.63, 3.8) is 0 Å². The Morgan fingerprint density at radius 1 is 1.25 bits per heavy atom. The molecule has 0 atom stereocenters. The zero-order valence-corrected chi connectivity index (χ0v) is 11.0. The second-order valence-corrected chi connectivity index (χ2v) is 5.74. The van der Waals surface area contributed by atoms with E-state index < -0.39 is 26.2 Å². The third-order valence-electron chi connectivity index (χ3n) is 2.49. The molecule has 20 heavy (non-hydrogen) atoms. The van der Waals surface area contributed by atoms with Gasteiger partial charge in [0.05, 0.1) is 0 Å². The lowest BCUT2D eigenvalue weighted by atomic mass is 10.2. The predicted molar refractivity (Wildman–Crippen MR) is 72.6 cm³/mol. The molecule has 0 aliphatic rings. The topological polar surface area (TPSA) is 138 Å². The highest BCUT2D eigenvalue weighted by Crippen LogP contribution is 2.07. The number of rotatable bonds is 4. The van der Waals surface area contributed by atoms with Crippen LogP contribution < -0.4 is 21.7 Å². The van der Waals surface area contributed by atoms with Crippen LogP contribution in [0.25, 0.3) is 0 Å². The van der Waals surface area contributed by atoms with Crippen LogP contribution in [-0.4, -0.2) is 18.4 Å². The first kappa shape index (κ1) is 14.0. The molecule has 0 aliphatic heterocycles. The average Bonchev–Trinajstić information content (AvgIpc) is 2.36. The van der Waals surface area contributed by atoms with E-state index >= 15 is 0 Å². The molecule has 1 heterocycles. The molecule has 5 N–H and O–H groups in total. The zero-order valence-electron chi connectivity index (χ0n) is 10.2. The first-order valence-electron chi connectivity index (χ1n) is 5.54. The van der Waals surface area contributed by atoms with Crippen LogP contribution in [0.15, 0.2) is 44.9 Å². The fraction of sp³-hybridized carbons (Fsp3) is 0.0909. The highest BCUT2D eigenvalue weighted by Gasteiger charge is 2.18. The van der Waals surface area contributed by atoms with Crippen LogP contribution >= 0.6 is 0 Å². The molecule has 1 aromatic heterocycles. The Bertz CT molecular complexity index is 838. The largest absolute Gasteiger partial charge is 0.399 e. The van der Waals surface area contributed by atoms with Crippen molar-refractivity contribution in [2.45, 2.75) is 11.4 Å². The van der Waals surface area contributed by atoms with Gasteiger partial charge in [-0.25, -0.2) is 17.9 Å². The summed E-state index contributed by atoms with van der Waals surface area (Å²) in [6.45, 7) is -0.0219. The minimum absolute atomic E-state index is 0.0219. The molecule has 2 aromatic rings. The summed E-state index contributed by atoms with van der Waals surface area (Å²) >= 11 is 0. The summed E-state index contributed by atoms with van der Waals surface area (Å²) in [5, 5.41) is 0. The quantitative estimate of drug-likeness (QED) is 0.543. The SMILES string of the molecule is Nc1cccc(CNS(=O)(=O)c2c[nH]c(=O)[nH]c2=O)c1. The molecule has 0 bridgehead atoms. The molecule has 0 radical (unpaired) electrons. The van der Waals surface area contributed by atoms with Gasteiger partial charge in [-0.1, -0.05) is 12.1 Å². The number of nitrogen functional groups attached to an aromatic ring is 1.